The predicted molar refractivity (Wildman–Crippen MR) is 65.5 cm³/mol. The molecule has 0 unspecified atom stereocenters. The quantitative estimate of drug-likeness (QED) is 0.792. The minimum Gasteiger partial charge on any atom is -0.287 e. The normalized spacial score (nSPS) is 10.4. The fourth-order valence-electron chi connectivity index (χ4n) is 1.51. The summed E-state index contributed by atoms with van der Waals surface area (Å²) in [6.45, 7) is 1.92. The van der Waals surface area contributed by atoms with E-state index in [4.69, 9.17) is 0 Å². The van der Waals surface area contributed by atoms with Crippen LogP contribution >= 0.6 is 15.9 Å². The Morgan fingerprint density at radius 3 is 2.75 bits per heavy atom. The van der Waals surface area contributed by atoms with Gasteiger partial charge in [0.05, 0.1) is 0 Å². The second-order valence-electron chi connectivity index (χ2n) is 3.66. The van der Waals surface area contributed by atoms with E-state index in [2.05, 4.69) is 21.0 Å². The monoisotopic (exact) mass is 278 g/mol. The molecule has 0 amide bonds. The van der Waals surface area contributed by atoms with Crippen LogP contribution in [0, 0.1) is 6.92 Å². The number of halogens is 1. The molecular formula is C12H11BrN2O. The molecule has 0 bridgehead atoms. The van der Waals surface area contributed by atoms with Gasteiger partial charge in [-0.05, 0) is 30.7 Å². The van der Waals surface area contributed by atoms with E-state index in [1.165, 1.54) is 0 Å². The number of carbonyl (C=O) groups is 1. The third-order valence-electron chi connectivity index (χ3n) is 2.39. The van der Waals surface area contributed by atoms with Gasteiger partial charge in [0.15, 0.2) is 0 Å². The highest BCUT2D eigenvalue weighted by Crippen LogP contribution is 2.18. The van der Waals surface area contributed by atoms with E-state index < -0.39 is 0 Å². The molecule has 0 fully saturated rings. The number of ketones is 1. The van der Waals surface area contributed by atoms with Gasteiger partial charge in [0.25, 0.3) is 0 Å². The van der Waals surface area contributed by atoms with Crippen molar-refractivity contribution in [3.8, 4) is 0 Å². The summed E-state index contributed by atoms with van der Waals surface area (Å²) < 4.78 is 2.53. The first-order chi connectivity index (χ1) is 7.58. The molecule has 0 aliphatic rings. The summed E-state index contributed by atoms with van der Waals surface area (Å²) in [4.78, 5) is 12.1. The molecule has 2 aromatic rings. The number of aromatic nitrogens is 2. The van der Waals surface area contributed by atoms with Crippen molar-refractivity contribution in [1.82, 2.24) is 9.78 Å². The zero-order chi connectivity index (χ0) is 11.7. The van der Waals surface area contributed by atoms with Gasteiger partial charge < -0.3 is 0 Å². The van der Waals surface area contributed by atoms with E-state index in [1.807, 2.05) is 25.1 Å². The summed E-state index contributed by atoms with van der Waals surface area (Å²) in [6.07, 6.45) is 1.76. The molecule has 0 saturated heterocycles. The average molecular weight is 279 g/mol. The number of benzene rings is 1. The number of rotatable bonds is 2. The van der Waals surface area contributed by atoms with Crippen LogP contribution in [0.15, 0.2) is 34.9 Å². The fourth-order valence-corrected chi connectivity index (χ4v) is 1.87. The van der Waals surface area contributed by atoms with Crippen LogP contribution in [-0.2, 0) is 7.05 Å². The van der Waals surface area contributed by atoms with Crippen molar-refractivity contribution in [3.05, 3.63) is 51.8 Å². The molecule has 0 radical (unpaired) electrons. The summed E-state index contributed by atoms with van der Waals surface area (Å²) >= 11 is 3.36. The van der Waals surface area contributed by atoms with Crippen molar-refractivity contribution in [2.75, 3.05) is 0 Å². The topological polar surface area (TPSA) is 34.9 Å². The molecule has 0 aliphatic heterocycles. The van der Waals surface area contributed by atoms with E-state index in [-0.39, 0.29) is 5.78 Å². The van der Waals surface area contributed by atoms with E-state index in [9.17, 15) is 4.79 Å². The molecule has 0 N–H and O–H groups in total. The number of hydrogen-bond acceptors (Lipinski definition) is 2. The summed E-state index contributed by atoms with van der Waals surface area (Å²) in [5.41, 5.74) is 2.12. The average Bonchev–Trinajstić information content (AvgIpc) is 2.67. The molecule has 0 aliphatic carbocycles. The highest BCUT2D eigenvalue weighted by Gasteiger charge is 2.14. The number of aryl methyl sites for hydroxylation is 2. The van der Waals surface area contributed by atoms with Crippen molar-refractivity contribution in [2.45, 2.75) is 6.92 Å². The Bertz CT molecular complexity index is 546. The van der Waals surface area contributed by atoms with Crippen LogP contribution in [0.2, 0.25) is 0 Å². The van der Waals surface area contributed by atoms with E-state index in [0.717, 1.165) is 10.0 Å². The maximum Gasteiger partial charge on any atom is 0.213 e. The second kappa shape index (κ2) is 4.22. The van der Waals surface area contributed by atoms with Crippen molar-refractivity contribution in [3.63, 3.8) is 0 Å². The Morgan fingerprint density at radius 2 is 2.12 bits per heavy atom. The maximum absolute atomic E-state index is 12.1. The summed E-state index contributed by atoms with van der Waals surface area (Å²) in [5, 5.41) is 4.11. The smallest absolute Gasteiger partial charge is 0.213 e. The fraction of sp³-hybridized carbons (Fsp3) is 0.167. The van der Waals surface area contributed by atoms with E-state index in [1.54, 1.807) is 24.0 Å². The minimum atomic E-state index is -0.0422. The highest BCUT2D eigenvalue weighted by molar-refractivity contribution is 9.10. The first-order valence-corrected chi connectivity index (χ1v) is 5.68. The van der Waals surface area contributed by atoms with Crippen LogP contribution in [0.5, 0.6) is 0 Å². The van der Waals surface area contributed by atoms with Gasteiger partial charge in [-0.2, -0.15) is 5.10 Å². The molecule has 82 valence electrons. The van der Waals surface area contributed by atoms with E-state index >= 15 is 0 Å². The lowest BCUT2D eigenvalue weighted by Gasteiger charge is -2.03. The van der Waals surface area contributed by atoms with Crippen LogP contribution < -0.4 is 0 Å². The van der Waals surface area contributed by atoms with Gasteiger partial charge in [0, 0.05) is 23.3 Å². The van der Waals surface area contributed by atoms with Crippen LogP contribution in [0.1, 0.15) is 21.6 Å². The SMILES string of the molecule is Cc1ccc(Br)cc1C(=O)c1ccn(C)n1. The Morgan fingerprint density at radius 1 is 1.38 bits per heavy atom. The number of nitrogens with zero attached hydrogens (tertiary/aromatic N) is 2. The summed E-state index contributed by atoms with van der Waals surface area (Å²) in [5.74, 6) is -0.0422. The third-order valence-corrected chi connectivity index (χ3v) is 2.88. The van der Waals surface area contributed by atoms with Gasteiger partial charge in [0.2, 0.25) is 5.78 Å². The minimum absolute atomic E-state index is 0.0422. The highest BCUT2D eigenvalue weighted by atomic mass is 79.9. The van der Waals surface area contributed by atoms with Gasteiger partial charge >= 0.3 is 0 Å². The lowest BCUT2D eigenvalue weighted by molar-refractivity contribution is 0.103. The maximum atomic E-state index is 12.1. The Hall–Kier alpha value is -1.42. The Balaban J connectivity index is 2.45. The van der Waals surface area contributed by atoms with Crippen LogP contribution in [-0.4, -0.2) is 15.6 Å². The lowest BCUT2D eigenvalue weighted by Crippen LogP contribution is -2.05. The Labute approximate surface area is 102 Å². The zero-order valence-electron chi connectivity index (χ0n) is 9.07. The van der Waals surface area contributed by atoms with Crippen molar-refractivity contribution < 1.29 is 4.79 Å². The molecule has 1 aromatic carbocycles. The van der Waals surface area contributed by atoms with Crippen molar-refractivity contribution in [1.29, 1.82) is 0 Å². The molecule has 1 heterocycles. The molecule has 16 heavy (non-hydrogen) atoms. The largest absolute Gasteiger partial charge is 0.287 e. The molecule has 1 aromatic heterocycles. The Kier molecular flexibility index (Phi) is 2.92. The third kappa shape index (κ3) is 2.07. The first kappa shape index (κ1) is 11.1. The van der Waals surface area contributed by atoms with Crippen LogP contribution in [0.25, 0.3) is 0 Å². The number of carbonyl (C=O) groups excluding carboxylic acids is 1. The van der Waals surface area contributed by atoms with Crippen LogP contribution in [0.4, 0.5) is 0 Å². The molecule has 0 atom stereocenters. The molecule has 0 saturated carbocycles. The summed E-state index contributed by atoms with van der Waals surface area (Å²) in [6, 6.07) is 7.39. The van der Waals surface area contributed by atoms with Gasteiger partial charge in [-0.15, -0.1) is 0 Å². The molecule has 4 heteroatoms. The van der Waals surface area contributed by atoms with E-state index in [0.29, 0.717) is 11.3 Å². The standard InChI is InChI=1S/C12H11BrN2O/c1-8-3-4-9(13)7-10(8)12(16)11-5-6-15(2)14-11/h3-7H,1-2H3. The molecule has 3 nitrogen and oxygen atoms in total. The molecule has 0 spiro atoms. The van der Waals surface area contributed by atoms with Gasteiger partial charge in [-0.3, -0.25) is 9.48 Å². The molecular weight excluding hydrogens is 268 g/mol. The van der Waals surface area contributed by atoms with Gasteiger partial charge in [-0.25, -0.2) is 0 Å². The van der Waals surface area contributed by atoms with Crippen LogP contribution in [0.3, 0.4) is 0 Å². The lowest BCUT2D eigenvalue weighted by atomic mass is 10.0. The van der Waals surface area contributed by atoms with Gasteiger partial charge in [0.1, 0.15) is 5.69 Å². The van der Waals surface area contributed by atoms with Crippen molar-refractivity contribution in [2.24, 2.45) is 7.05 Å². The summed E-state index contributed by atoms with van der Waals surface area (Å²) in [7, 11) is 1.80. The van der Waals surface area contributed by atoms with Crippen molar-refractivity contribution >= 4 is 21.7 Å². The van der Waals surface area contributed by atoms with Gasteiger partial charge in [-0.1, -0.05) is 22.0 Å². The molecule has 2 rings (SSSR count). The zero-order valence-corrected chi connectivity index (χ0v) is 10.7. The first-order valence-electron chi connectivity index (χ1n) is 4.88. The predicted octanol–water partition coefficient (Wildman–Crippen LogP) is 2.72. The second-order valence-corrected chi connectivity index (χ2v) is 4.58. The number of hydrogen-bond donors (Lipinski definition) is 0.